The molecule has 1 saturated carbocycles. The van der Waals surface area contributed by atoms with Crippen LogP contribution >= 0.6 is 15.9 Å². The number of benzene rings is 1. The van der Waals surface area contributed by atoms with Crippen LogP contribution in [0.15, 0.2) is 33.7 Å². The standard InChI is InChI=1S/C14H19BrN4O/c1-19(12-6-7-12)14(16)17-9-8-13(20)18-11-4-2-10(15)3-5-11/h2-5,12H,6-9H2,1H3,(H2,16,17)(H,18,20). The highest BCUT2D eigenvalue weighted by atomic mass is 79.9. The Balaban J connectivity index is 1.74. The average molecular weight is 339 g/mol. The van der Waals surface area contributed by atoms with Gasteiger partial charge in [-0.15, -0.1) is 0 Å². The monoisotopic (exact) mass is 338 g/mol. The molecule has 1 fully saturated rings. The van der Waals surface area contributed by atoms with Crippen molar-refractivity contribution in [3.63, 3.8) is 0 Å². The minimum atomic E-state index is -0.0575. The fourth-order valence-corrected chi connectivity index (χ4v) is 2.05. The second-order valence-corrected chi connectivity index (χ2v) is 5.80. The average Bonchev–Trinajstić information content (AvgIpc) is 3.25. The second-order valence-electron chi connectivity index (χ2n) is 4.89. The van der Waals surface area contributed by atoms with Gasteiger partial charge in [-0.3, -0.25) is 9.79 Å². The van der Waals surface area contributed by atoms with Crippen LogP contribution in [-0.2, 0) is 4.79 Å². The van der Waals surface area contributed by atoms with Crippen molar-refractivity contribution < 1.29 is 4.79 Å². The smallest absolute Gasteiger partial charge is 0.226 e. The fourth-order valence-electron chi connectivity index (χ4n) is 1.79. The molecule has 1 amide bonds. The fraction of sp³-hybridized carbons (Fsp3) is 0.429. The number of anilines is 1. The summed E-state index contributed by atoms with van der Waals surface area (Å²) in [5.41, 5.74) is 6.64. The summed E-state index contributed by atoms with van der Waals surface area (Å²) in [6, 6.07) is 8.00. The van der Waals surface area contributed by atoms with Crippen LogP contribution in [0.5, 0.6) is 0 Å². The summed E-state index contributed by atoms with van der Waals surface area (Å²) in [6.07, 6.45) is 2.68. The number of nitrogens with two attached hydrogens (primary N) is 1. The molecule has 108 valence electrons. The van der Waals surface area contributed by atoms with E-state index < -0.39 is 0 Å². The first-order chi connectivity index (χ1) is 9.56. The highest BCUT2D eigenvalue weighted by Gasteiger charge is 2.27. The maximum absolute atomic E-state index is 11.7. The zero-order valence-corrected chi connectivity index (χ0v) is 13.1. The Morgan fingerprint density at radius 2 is 2.10 bits per heavy atom. The molecule has 0 saturated heterocycles. The lowest BCUT2D eigenvalue weighted by Crippen LogP contribution is -2.35. The van der Waals surface area contributed by atoms with E-state index in [1.807, 2.05) is 36.2 Å². The Labute approximate surface area is 127 Å². The Morgan fingerprint density at radius 3 is 2.70 bits per heavy atom. The SMILES string of the molecule is CN(C(N)=NCCC(=O)Nc1ccc(Br)cc1)C1CC1. The van der Waals surface area contributed by atoms with Crippen LogP contribution in [0.4, 0.5) is 5.69 Å². The number of hydrogen-bond donors (Lipinski definition) is 2. The van der Waals surface area contributed by atoms with E-state index in [0.717, 1.165) is 10.2 Å². The normalized spacial score (nSPS) is 15.0. The molecule has 1 aliphatic rings. The largest absolute Gasteiger partial charge is 0.370 e. The molecule has 5 nitrogen and oxygen atoms in total. The lowest BCUT2D eigenvalue weighted by atomic mass is 10.3. The third kappa shape index (κ3) is 4.52. The van der Waals surface area contributed by atoms with E-state index in [4.69, 9.17) is 5.73 Å². The third-order valence-corrected chi connectivity index (χ3v) is 3.73. The molecule has 2 rings (SSSR count). The van der Waals surface area contributed by atoms with E-state index in [1.54, 1.807) is 0 Å². The number of amides is 1. The number of halogens is 1. The van der Waals surface area contributed by atoms with Crippen molar-refractivity contribution in [2.45, 2.75) is 25.3 Å². The first-order valence-electron chi connectivity index (χ1n) is 6.64. The molecule has 1 aromatic carbocycles. The minimum Gasteiger partial charge on any atom is -0.370 e. The van der Waals surface area contributed by atoms with Gasteiger partial charge in [-0.05, 0) is 37.1 Å². The van der Waals surface area contributed by atoms with Gasteiger partial charge in [-0.1, -0.05) is 15.9 Å². The van der Waals surface area contributed by atoms with Gasteiger partial charge in [-0.2, -0.15) is 0 Å². The molecule has 0 aliphatic heterocycles. The molecule has 1 aliphatic carbocycles. The molecule has 3 N–H and O–H groups in total. The Kier molecular flexibility index (Phi) is 5.00. The van der Waals surface area contributed by atoms with Gasteiger partial charge < -0.3 is 16.0 Å². The molecular weight excluding hydrogens is 320 g/mol. The van der Waals surface area contributed by atoms with Gasteiger partial charge in [-0.25, -0.2) is 0 Å². The lowest BCUT2D eigenvalue weighted by molar-refractivity contribution is -0.116. The van der Waals surface area contributed by atoms with Gasteiger partial charge >= 0.3 is 0 Å². The highest BCUT2D eigenvalue weighted by molar-refractivity contribution is 9.10. The summed E-state index contributed by atoms with van der Waals surface area (Å²) >= 11 is 3.35. The summed E-state index contributed by atoms with van der Waals surface area (Å²) in [7, 11) is 1.94. The molecule has 20 heavy (non-hydrogen) atoms. The van der Waals surface area contributed by atoms with Crippen LogP contribution in [0.25, 0.3) is 0 Å². The van der Waals surface area contributed by atoms with Crippen LogP contribution in [0.3, 0.4) is 0 Å². The van der Waals surface area contributed by atoms with Crippen molar-refractivity contribution in [3.05, 3.63) is 28.7 Å². The number of guanidine groups is 1. The maximum Gasteiger partial charge on any atom is 0.226 e. The molecule has 6 heteroatoms. The molecule has 0 heterocycles. The van der Waals surface area contributed by atoms with Crippen molar-refractivity contribution in [2.75, 3.05) is 18.9 Å². The molecule has 0 atom stereocenters. The predicted octanol–water partition coefficient (Wildman–Crippen LogP) is 2.19. The molecule has 0 bridgehead atoms. The minimum absolute atomic E-state index is 0.0575. The molecule has 0 radical (unpaired) electrons. The first kappa shape index (κ1) is 14.8. The van der Waals surface area contributed by atoms with Gasteiger partial charge in [0.15, 0.2) is 5.96 Å². The maximum atomic E-state index is 11.7. The van der Waals surface area contributed by atoms with Crippen molar-refractivity contribution in [2.24, 2.45) is 10.7 Å². The number of carbonyl (C=O) groups is 1. The Morgan fingerprint density at radius 1 is 1.45 bits per heavy atom. The summed E-state index contributed by atoms with van der Waals surface area (Å²) < 4.78 is 0.982. The third-order valence-electron chi connectivity index (χ3n) is 3.20. The molecule has 1 aromatic rings. The van der Waals surface area contributed by atoms with Gasteiger partial charge in [0.2, 0.25) is 5.91 Å². The summed E-state index contributed by atoms with van der Waals surface area (Å²) in [5.74, 6) is 0.460. The predicted molar refractivity (Wildman–Crippen MR) is 84.7 cm³/mol. The number of aliphatic imine (C=N–C) groups is 1. The molecule has 0 spiro atoms. The number of nitrogens with zero attached hydrogens (tertiary/aromatic N) is 2. The number of nitrogens with one attached hydrogen (secondary N) is 1. The van der Waals surface area contributed by atoms with Gasteiger partial charge in [0.05, 0.1) is 6.54 Å². The van der Waals surface area contributed by atoms with Crippen molar-refractivity contribution >= 4 is 33.5 Å². The van der Waals surface area contributed by atoms with E-state index in [1.165, 1.54) is 12.8 Å². The molecular formula is C14H19BrN4O. The van der Waals surface area contributed by atoms with Crippen LogP contribution in [-0.4, -0.2) is 36.4 Å². The molecule has 0 aromatic heterocycles. The highest BCUT2D eigenvalue weighted by Crippen LogP contribution is 2.24. The first-order valence-corrected chi connectivity index (χ1v) is 7.44. The Hall–Kier alpha value is -1.56. The van der Waals surface area contributed by atoms with E-state index in [0.29, 0.717) is 25.0 Å². The van der Waals surface area contributed by atoms with Crippen molar-refractivity contribution in [3.8, 4) is 0 Å². The number of carbonyl (C=O) groups excluding carboxylic acids is 1. The van der Waals surface area contributed by atoms with Crippen molar-refractivity contribution in [1.82, 2.24) is 4.90 Å². The summed E-state index contributed by atoms with van der Waals surface area (Å²) in [5, 5.41) is 2.82. The number of rotatable bonds is 5. The number of hydrogen-bond acceptors (Lipinski definition) is 2. The zero-order valence-electron chi connectivity index (χ0n) is 11.5. The van der Waals surface area contributed by atoms with Gasteiger partial charge in [0.1, 0.15) is 0 Å². The topological polar surface area (TPSA) is 70.7 Å². The van der Waals surface area contributed by atoms with Crippen LogP contribution in [0.1, 0.15) is 19.3 Å². The molecule has 0 unspecified atom stereocenters. The zero-order chi connectivity index (χ0) is 14.5. The van der Waals surface area contributed by atoms with E-state index in [9.17, 15) is 4.79 Å². The van der Waals surface area contributed by atoms with Crippen LogP contribution in [0, 0.1) is 0 Å². The summed E-state index contributed by atoms with van der Waals surface area (Å²) in [4.78, 5) is 18.0. The van der Waals surface area contributed by atoms with Gasteiger partial charge in [0, 0.05) is 29.7 Å². The van der Waals surface area contributed by atoms with Crippen LogP contribution in [0.2, 0.25) is 0 Å². The van der Waals surface area contributed by atoms with E-state index in [2.05, 4.69) is 26.2 Å². The van der Waals surface area contributed by atoms with Gasteiger partial charge in [0.25, 0.3) is 0 Å². The van der Waals surface area contributed by atoms with Crippen LogP contribution < -0.4 is 11.1 Å². The Bertz CT molecular complexity index is 496. The second kappa shape index (κ2) is 6.74. The summed E-state index contributed by atoms with van der Waals surface area (Å²) in [6.45, 7) is 0.408. The van der Waals surface area contributed by atoms with E-state index in [-0.39, 0.29) is 5.91 Å². The van der Waals surface area contributed by atoms with E-state index >= 15 is 0 Å². The quantitative estimate of drug-likeness (QED) is 0.638. The lowest BCUT2D eigenvalue weighted by Gasteiger charge is -2.16. The van der Waals surface area contributed by atoms with Crippen molar-refractivity contribution in [1.29, 1.82) is 0 Å².